The van der Waals surface area contributed by atoms with Crippen LogP contribution in [-0.2, 0) is 0 Å². The predicted molar refractivity (Wildman–Crippen MR) is 89.1 cm³/mol. The molecule has 23 heavy (non-hydrogen) atoms. The van der Waals surface area contributed by atoms with Crippen LogP contribution in [0.4, 0.5) is 11.8 Å². The van der Waals surface area contributed by atoms with Gasteiger partial charge >= 0.3 is 0 Å². The van der Waals surface area contributed by atoms with Crippen LogP contribution in [-0.4, -0.2) is 33.3 Å². The van der Waals surface area contributed by atoms with Gasteiger partial charge in [-0.3, -0.25) is 0 Å². The number of nitriles is 1. The lowest BCUT2D eigenvalue weighted by Gasteiger charge is -2.27. The van der Waals surface area contributed by atoms with Gasteiger partial charge in [-0.15, -0.1) is 0 Å². The number of rotatable bonds is 4. The van der Waals surface area contributed by atoms with Gasteiger partial charge in [0.05, 0.1) is 12.3 Å². The van der Waals surface area contributed by atoms with E-state index in [0.717, 1.165) is 32.1 Å². The number of anilines is 2. The fraction of sp³-hybridized carbons (Fsp3) is 0.706. The second-order valence-electron chi connectivity index (χ2n) is 6.71. The summed E-state index contributed by atoms with van der Waals surface area (Å²) >= 11 is 0. The van der Waals surface area contributed by atoms with Gasteiger partial charge in [0.2, 0.25) is 5.95 Å². The first-order chi connectivity index (χ1) is 11.2. The van der Waals surface area contributed by atoms with Gasteiger partial charge in [-0.2, -0.15) is 10.2 Å². The Bertz CT molecular complexity index is 565. The highest BCUT2D eigenvalue weighted by Gasteiger charge is 2.22. The van der Waals surface area contributed by atoms with Crippen LogP contribution >= 0.6 is 0 Å². The molecule has 0 amide bonds. The molecule has 1 aromatic rings. The normalized spacial score (nSPS) is 25.6. The van der Waals surface area contributed by atoms with Gasteiger partial charge in [0.25, 0.3) is 0 Å². The lowest BCUT2D eigenvalue weighted by molar-refractivity contribution is 0.124. The molecule has 3 N–H and O–H groups in total. The molecule has 124 valence electrons. The van der Waals surface area contributed by atoms with Crippen LogP contribution in [0.3, 0.4) is 0 Å². The van der Waals surface area contributed by atoms with Crippen LogP contribution < -0.4 is 10.6 Å². The maximum Gasteiger partial charge on any atom is 0.224 e. The van der Waals surface area contributed by atoms with E-state index < -0.39 is 0 Å². The van der Waals surface area contributed by atoms with E-state index >= 15 is 0 Å². The van der Waals surface area contributed by atoms with Gasteiger partial charge in [0.1, 0.15) is 17.5 Å². The molecule has 2 fully saturated rings. The van der Waals surface area contributed by atoms with E-state index in [9.17, 15) is 10.4 Å². The fourth-order valence-corrected chi connectivity index (χ4v) is 3.56. The first kappa shape index (κ1) is 16.0. The third kappa shape index (κ3) is 4.32. The van der Waals surface area contributed by atoms with Crippen LogP contribution in [0, 0.1) is 11.3 Å². The van der Waals surface area contributed by atoms with Gasteiger partial charge in [0.15, 0.2) is 0 Å². The van der Waals surface area contributed by atoms with Crippen LogP contribution in [0.2, 0.25) is 0 Å². The van der Waals surface area contributed by atoms with Crippen molar-refractivity contribution in [3.05, 3.63) is 11.8 Å². The Kier molecular flexibility index (Phi) is 5.29. The SMILES string of the molecule is N#Cc1cnc(NC2CCCCC2)nc1NC1CCCC(O)C1. The number of aliphatic hydroxyl groups excluding tert-OH is 1. The highest BCUT2D eigenvalue weighted by Crippen LogP contribution is 2.24. The molecule has 2 aliphatic carbocycles. The van der Waals surface area contributed by atoms with Crippen molar-refractivity contribution in [2.75, 3.05) is 10.6 Å². The maximum absolute atomic E-state index is 9.80. The lowest BCUT2D eigenvalue weighted by Crippen LogP contribution is -2.31. The van der Waals surface area contributed by atoms with E-state index in [1.54, 1.807) is 6.20 Å². The summed E-state index contributed by atoms with van der Waals surface area (Å²) in [6.45, 7) is 0. The Balaban J connectivity index is 1.69. The first-order valence-electron chi connectivity index (χ1n) is 8.73. The molecule has 0 spiro atoms. The molecule has 0 radical (unpaired) electrons. The zero-order valence-corrected chi connectivity index (χ0v) is 13.5. The smallest absolute Gasteiger partial charge is 0.224 e. The summed E-state index contributed by atoms with van der Waals surface area (Å²) in [6, 6.07) is 2.75. The van der Waals surface area contributed by atoms with E-state index in [4.69, 9.17) is 0 Å². The molecule has 2 saturated carbocycles. The topological polar surface area (TPSA) is 93.9 Å². The minimum absolute atomic E-state index is 0.170. The zero-order valence-electron chi connectivity index (χ0n) is 13.5. The van der Waals surface area contributed by atoms with E-state index in [2.05, 4.69) is 26.7 Å². The summed E-state index contributed by atoms with van der Waals surface area (Å²) in [5.41, 5.74) is 0.458. The van der Waals surface area contributed by atoms with Crippen molar-refractivity contribution in [3.63, 3.8) is 0 Å². The molecule has 0 aliphatic heterocycles. The quantitative estimate of drug-likeness (QED) is 0.791. The number of aromatic nitrogens is 2. The largest absolute Gasteiger partial charge is 0.393 e. The van der Waals surface area contributed by atoms with Gasteiger partial charge in [-0.25, -0.2) is 4.98 Å². The number of hydrogen-bond acceptors (Lipinski definition) is 6. The van der Waals surface area contributed by atoms with Crippen molar-refractivity contribution in [3.8, 4) is 6.07 Å². The summed E-state index contributed by atoms with van der Waals surface area (Å²) in [6.07, 6.45) is 11.0. The standard InChI is InChI=1S/C17H25N5O/c18-10-12-11-19-17(21-13-5-2-1-3-6-13)22-16(12)20-14-7-4-8-15(23)9-14/h11,13-15,23H,1-9H2,(H2,19,20,21,22). The molecule has 1 aromatic heterocycles. The molecular formula is C17H25N5O. The fourth-order valence-electron chi connectivity index (χ4n) is 3.56. The molecule has 2 aliphatic rings. The van der Waals surface area contributed by atoms with Crippen molar-refractivity contribution in [2.45, 2.75) is 76.0 Å². The molecule has 0 saturated heterocycles. The minimum atomic E-state index is -0.256. The molecule has 0 aromatic carbocycles. The molecule has 0 bridgehead atoms. The van der Waals surface area contributed by atoms with E-state index in [-0.39, 0.29) is 12.1 Å². The summed E-state index contributed by atoms with van der Waals surface area (Å²) < 4.78 is 0. The molecule has 2 unspecified atom stereocenters. The zero-order chi connectivity index (χ0) is 16.1. The van der Waals surface area contributed by atoms with Crippen molar-refractivity contribution in [1.29, 1.82) is 5.26 Å². The number of hydrogen-bond donors (Lipinski definition) is 3. The van der Waals surface area contributed by atoms with Gasteiger partial charge in [0, 0.05) is 12.1 Å². The van der Waals surface area contributed by atoms with Crippen molar-refractivity contribution in [2.24, 2.45) is 0 Å². The van der Waals surface area contributed by atoms with Crippen LogP contribution in [0.5, 0.6) is 0 Å². The van der Waals surface area contributed by atoms with E-state index in [1.807, 2.05) is 0 Å². The van der Waals surface area contributed by atoms with Crippen molar-refractivity contribution < 1.29 is 5.11 Å². The van der Waals surface area contributed by atoms with Crippen molar-refractivity contribution >= 4 is 11.8 Å². The molecule has 6 heteroatoms. The average Bonchev–Trinajstić information content (AvgIpc) is 2.56. The highest BCUT2D eigenvalue weighted by atomic mass is 16.3. The Morgan fingerprint density at radius 1 is 1.04 bits per heavy atom. The van der Waals surface area contributed by atoms with Gasteiger partial charge in [-0.1, -0.05) is 19.3 Å². The molecule has 6 nitrogen and oxygen atoms in total. The Labute approximate surface area is 137 Å². The Hall–Kier alpha value is -1.87. The monoisotopic (exact) mass is 315 g/mol. The van der Waals surface area contributed by atoms with Crippen LogP contribution in [0.15, 0.2) is 6.20 Å². The average molecular weight is 315 g/mol. The van der Waals surface area contributed by atoms with Crippen LogP contribution in [0.1, 0.15) is 63.4 Å². The Morgan fingerprint density at radius 2 is 1.83 bits per heavy atom. The van der Waals surface area contributed by atoms with Gasteiger partial charge < -0.3 is 15.7 Å². The summed E-state index contributed by atoms with van der Waals surface area (Å²) in [4.78, 5) is 8.80. The number of nitrogens with zero attached hydrogens (tertiary/aromatic N) is 3. The minimum Gasteiger partial charge on any atom is -0.393 e. The van der Waals surface area contributed by atoms with Crippen LogP contribution in [0.25, 0.3) is 0 Å². The third-order valence-electron chi connectivity index (χ3n) is 4.83. The van der Waals surface area contributed by atoms with Crippen molar-refractivity contribution in [1.82, 2.24) is 9.97 Å². The summed E-state index contributed by atoms with van der Waals surface area (Å²) in [5, 5.41) is 25.8. The Morgan fingerprint density at radius 3 is 2.57 bits per heavy atom. The number of nitrogens with one attached hydrogen (secondary N) is 2. The second kappa shape index (κ2) is 7.60. The van der Waals surface area contributed by atoms with E-state index in [1.165, 1.54) is 19.3 Å². The predicted octanol–water partition coefficient (Wildman–Crippen LogP) is 2.81. The summed E-state index contributed by atoms with van der Waals surface area (Å²) in [5.74, 6) is 1.18. The molecular weight excluding hydrogens is 290 g/mol. The molecule has 1 heterocycles. The van der Waals surface area contributed by atoms with E-state index in [0.29, 0.717) is 29.8 Å². The maximum atomic E-state index is 9.80. The highest BCUT2D eigenvalue weighted by molar-refractivity contribution is 5.54. The molecule has 2 atom stereocenters. The first-order valence-corrected chi connectivity index (χ1v) is 8.73. The third-order valence-corrected chi connectivity index (χ3v) is 4.83. The second-order valence-corrected chi connectivity index (χ2v) is 6.71. The number of aliphatic hydroxyl groups is 1. The molecule has 3 rings (SSSR count). The lowest BCUT2D eigenvalue weighted by atomic mass is 9.93. The van der Waals surface area contributed by atoms with Gasteiger partial charge in [-0.05, 0) is 38.5 Å². The summed E-state index contributed by atoms with van der Waals surface area (Å²) in [7, 11) is 0.